The minimum absolute atomic E-state index is 0.00700. The van der Waals surface area contributed by atoms with Crippen molar-refractivity contribution in [1.82, 2.24) is 9.97 Å². The van der Waals surface area contributed by atoms with Gasteiger partial charge in [-0.25, -0.2) is 4.98 Å². The van der Waals surface area contributed by atoms with Gasteiger partial charge in [0, 0.05) is 18.0 Å². The van der Waals surface area contributed by atoms with Crippen molar-refractivity contribution in [2.75, 3.05) is 5.32 Å². The Morgan fingerprint density at radius 3 is 2.71 bits per heavy atom. The molecule has 3 heterocycles. The highest BCUT2D eigenvalue weighted by atomic mass is 35.5. The van der Waals surface area contributed by atoms with Crippen LogP contribution in [0.25, 0.3) is 34.0 Å². The number of amides is 1. The number of oxazole rings is 1. The summed E-state index contributed by atoms with van der Waals surface area (Å²) in [7, 11) is 0. The van der Waals surface area contributed by atoms with Crippen molar-refractivity contribution in [3.05, 3.63) is 93.3 Å². The van der Waals surface area contributed by atoms with Crippen LogP contribution in [0.5, 0.6) is 0 Å². The molecule has 168 valence electrons. The number of nitro benzene ring substituents is 1. The van der Waals surface area contributed by atoms with E-state index in [4.69, 9.17) is 20.4 Å². The van der Waals surface area contributed by atoms with Crippen molar-refractivity contribution in [1.29, 1.82) is 0 Å². The van der Waals surface area contributed by atoms with Crippen LogP contribution in [0.4, 0.5) is 11.4 Å². The summed E-state index contributed by atoms with van der Waals surface area (Å²) in [4.78, 5) is 32.2. The maximum absolute atomic E-state index is 12.8. The van der Waals surface area contributed by atoms with E-state index in [9.17, 15) is 14.9 Å². The highest BCUT2D eigenvalue weighted by Gasteiger charge is 2.21. The van der Waals surface area contributed by atoms with E-state index in [1.54, 1.807) is 55.6 Å². The Balaban J connectivity index is 1.41. The summed E-state index contributed by atoms with van der Waals surface area (Å²) < 4.78 is 11.4. The average molecular weight is 475 g/mol. The maximum Gasteiger partial charge on any atom is 0.291 e. The molecule has 9 nitrogen and oxygen atoms in total. The molecule has 1 amide bonds. The first-order valence-corrected chi connectivity index (χ1v) is 10.4. The molecule has 34 heavy (non-hydrogen) atoms. The summed E-state index contributed by atoms with van der Waals surface area (Å²) >= 11 is 6.33. The number of furan rings is 1. The number of hydrogen-bond donors (Lipinski definition) is 1. The third-order valence-electron chi connectivity index (χ3n) is 5.06. The van der Waals surface area contributed by atoms with Gasteiger partial charge in [0.1, 0.15) is 5.76 Å². The molecule has 1 N–H and O–H groups in total. The van der Waals surface area contributed by atoms with Gasteiger partial charge >= 0.3 is 0 Å². The molecule has 0 aliphatic carbocycles. The van der Waals surface area contributed by atoms with Crippen LogP contribution in [0.3, 0.4) is 0 Å². The van der Waals surface area contributed by atoms with E-state index in [-0.39, 0.29) is 28.7 Å². The Bertz CT molecular complexity index is 1540. The molecule has 3 aromatic heterocycles. The van der Waals surface area contributed by atoms with Crippen LogP contribution >= 0.6 is 11.6 Å². The largest absolute Gasteiger partial charge is 0.451 e. The fourth-order valence-corrected chi connectivity index (χ4v) is 3.65. The number of pyridine rings is 1. The number of fused-ring (bicyclic) bond motifs is 1. The van der Waals surface area contributed by atoms with E-state index in [2.05, 4.69) is 15.3 Å². The van der Waals surface area contributed by atoms with E-state index in [0.29, 0.717) is 27.5 Å². The second-order valence-corrected chi connectivity index (χ2v) is 7.84. The number of aryl methyl sites for hydroxylation is 1. The lowest BCUT2D eigenvalue weighted by atomic mass is 10.1. The molecule has 2 aromatic carbocycles. The molecular formula is C24H15ClN4O5. The smallest absolute Gasteiger partial charge is 0.291 e. The predicted octanol–water partition coefficient (Wildman–Crippen LogP) is 6.27. The Labute approximate surface area is 197 Å². The molecule has 0 fully saturated rings. The van der Waals surface area contributed by atoms with Crippen LogP contribution in [0, 0.1) is 17.0 Å². The average Bonchev–Trinajstić information content (AvgIpc) is 3.47. The fraction of sp³-hybridized carbons (Fsp3) is 0.0417. The van der Waals surface area contributed by atoms with Gasteiger partial charge in [0.15, 0.2) is 17.0 Å². The van der Waals surface area contributed by atoms with Gasteiger partial charge in [-0.05, 0) is 61.0 Å². The van der Waals surface area contributed by atoms with Gasteiger partial charge in [0.2, 0.25) is 5.89 Å². The Hall–Kier alpha value is -4.50. The first kappa shape index (κ1) is 21.4. The fourth-order valence-electron chi connectivity index (χ4n) is 3.45. The van der Waals surface area contributed by atoms with Gasteiger partial charge < -0.3 is 14.2 Å². The number of aromatic nitrogens is 2. The van der Waals surface area contributed by atoms with Crippen LogP contribution in [0.2, 0.25) is 5.02 Å². The van der Waals surface area contributed by atoms with Crippen molar-refractivity contribution in [3.8, 4) is 22.8 Å². The van der Waals surface area contributed by atoms with E-state index >= 15 is 0 Å². The summed E-state index contributed by atoms with van der Waals surface area (Å²) in [5.74, 6) is -0.0599. The molecule has 0 atom stereocenters. The van der Waals surface area contributed by atoms with Crippen LogP contribution in [0.15, 0.2) is 75.7 Å². The molecule has 0 saturated heterocycles. The van der Waals surface area contributed by atoms with Crippen LogP contribution in [-0.2, 0) is 0 Å². The molecule has 0 radical (unpaired) electrons. The predicted molar refractivity (Wildman–Crippen MR) is 126 cm³/mol. The Morgan fingerprint density at radius 2 is 1.91 bits per heavy atom. The summed E-state index contributed by atoms with van der Waals surface area (Å²) in [5.41, 5.74) is 2.79. The summed E-state index contributed by atoms with van der Waals surface area (Å²) in [5, 5.41) is 14.5. The number of nitro groups is 1. The lowest BCUT2D eigenvalue weighted by Gasteiger charge is -2.06. The molecule has 0 bridgehead atoms. The number of nitrogens with zero attached hydrogens (tertiary/aromatic N) is 3. The van der Waals surface area contributed by atoms with Gasteiger partial charge in [0.25, 0.3) is 11.6 Å². The van der Waals surface area contributed by atoms with Crippen molar-refractivity contribution in [2.45, 2.75) is 6.92 Å². The molecule has 5 rings (SSSR count). The Morgan fingerprint density at radius 1 is 1.06 bits per heavy atom. The zero-order chi connectivity index (χ0) is 23.8. The molecule has 0 aliphatic rings. The summed E-state index contributed by atoms with van der Waals surface area (Å²) in [6.07, 6.45) is 1.61. The molecule has 0 saturated carbocycles. The SMILES string of the molecule is Cc1ccc(-c2ccc(C(=O)Nc3ccc(Cl)c(-c4nc5ncccc5o4)c3)o2)c([N+](=O)[O-])c1. The van der Waals surface area contributed by atoms with Crippen molar-refractivity contribution in [2.24, 2.45) is 0 Å². The first-order chi connectivity index (χ1) is 16.4. The normalized spacial score (nSPS) is 11.0. The summed E-state index contributed by atoms with van der Waals surface area (Å²) in [6.45, 7) is 1.76. The topological polar surface area (TPSA) is 124 Å². The molecule has 0 aliphatic heterocycles. The molecule has 0 spiro atoms. The van der Waals surface area contributed by atoms with Gasteiger partial charge in [-0.1, -0.05) is 17.7 Å². The van der Waals surface area contributed by atoms with E-state index in [1.807, 2.05) is 0 Å². The van der Waals surface area contributed by atoms with Crippen molar-refractivity contribution < 1.29 is 18.6 Å². The van der Waals surface area contributed by atoms with Gasteiger partial charge in [0.05, 0.1) is 21.1 Å². The highest BCUT2D eigenvalue weighted by molar-refractivity contribution is 6.33. The first-order valence-electron chi connectivity index (χ1n) is 10.1. The number of halogens is 1. The number of nitrogens with one attached hydrogen (secondary N) is 1. The van der Waals surface area contributed by atoms with Crippen LogP contribution in [0.1, 0.15) is 16.1 Å². The minimum atomic E-state index is -0.534. The molecule has 5 aromatic rings. The molecular weight excluding hydrogens is 460 g/mol. The highest BCUT2D eigenvalue weighted by Crippen LogP contribution is 2.34. The van der Waals surface area contributed by atoms with Crippen molar-refractivity contribution in [3.63, 3.8) is 0 Å². The minimum Gasteiger partial charge on any atom is -0.451 e. The van der Waals surface area contributed by atoms with E-state index in [1.165, 1.54) is 18.2 Å². The molecule has 10 heteroatoms. The zero-order valence-electron chi connectivity index (χ0n) is 17.6. The second-order valence-electron chi connectivity index (χ2n) is 7.43. The third kappa shape index (κ3) is 4.00. The number of carbonyl (C=O) groups excluding carboxylic acids is 1. The van der Waals surface area contributed by atoms with Gasteiger partial charge in [-0.2, -0.15) is 4.98 Å². The zero-order valence-corrected chi connectivity index (χ0v) is 18.4. The number of carbonyl (C=O) groups is 1. The molecule has 0 unspecified atom stereocenters. The van der Waals surface area contributed by atoms with Crippen LogP contribution < -0.4 is 5.32 Å². The third-order valence-corrected chi connectivity index (χ3v) is 5.39. The maximum atomic E-state index is 12.8. The van der Waals surface area contributed by atoms with Gasteiger partial charge in [-0.15, -0.1) is 0 Å². The standard InChI is InChI=1S/C24H15ClN4O5/c1-13-4-6-15(18(11-13)29(31)32)19-8-9-21(33-19)23(30)27-14-5-7-17(25)16(12-14)24-28-22-20(34-24)3-2-10-26-22/h2-12H,1H3,(H,27,30). The van der Waals surface area contributed by atoms with Crippen molar-refractivity contribution >= 4 is 40.1 Å². The number of rotatable bonds is 5. The summed E-state index contributed by atoms with van der Waals surface area (Å²) in [6, 6.07) is 16.1. The quantitative estimate of drug-likeness (QED) is 0.235. The lowest BCUT2D eigenvalue weighted by molar-refractivity contribution is -0.384. The monoisotopic (exact) mass is 474 g/mol. The lowest BCUT2D eigenvalue weighted by Crippen LogP contribution is -2.10. The van der Waals surface area contributed by atoms with E-state index < -0.39 is 10.8 Å². The number of benzene rings is 2. The number of hydrogen-bond acceptors (Lipinski definition) is 7. The van der Waals surface area contributed by atoms with Gasteiger partial charge in [-0.3, -0.25) is 14.9 Å². The number of anilines is 1. The second kappa shape index (κ2) is 8.45. The van der Waals surface area contributed by atoms with E-state index in [0.717, 1.165) is 5.56 Å². The Kier molecular flexibility index (Phi) is 5.31. The van der Waals surface area contributed by atoms with Crippen LogP contribution in [-0.4, -0.2) is 20.8 Å².